The average Bonchev–Trinajstić information content (AvgIpc) is 2.42. The fourth-order valence-corrected chi connectivity index (χ4v) is 1.85. The summed E-state index contributed by atoms with van der Waals surface area (Å²) >= 11 is 0. The lowest BCUT2D eigenvalue weighted by Gasteiger charge is -2.22. The molecule has 0 aliphatic rings. The Kier molecular flexibility index (Phi) is 6.18. The van der Waals surface area contributed by atoms with Crippen LogP contribution in [0.25, 0.3) is 0 Å². The molecule has 0 aromatic heterocycles. The maximum absolute atomic E-state index is 12.0. The lowest BCUT2D eigenvalue weighted by molar-refractivity contribution is -0.137. The maximum Gasteiger partial charge on any atom is 0.303 e. The Morgan fingerprint density at radius 3 is 2.35 bits per heavy atom. The number of rotatable bonds is 7. The Morgan fingerprint density at radius 2 is 1.85 bits per heavy atom. The summed E-state index contributed by atoms with van der Waals surface area (Å²) in [5.74, 6) is -1.10. The van der Waals surface area contributed by atoms with E-state index in [4.69, 9.17) is 10.8 Å². The zero-order chi connectivity index (χ0) is 15.1. The van der Waals surface area contributed by atoms with Gasteiger partial charge in [-0.05, 0) is 17.9 Å². The molecule has 110 valence electrons. The summed E-state index contributed by atoms with van der Waals surface area (Å²) < 4.78 is 0. The lowest BCUT2D eigenvalue weighted by Crippen LogP contribution is -2.45. The highest BCUT2D eigenvalue weighted by molar-refractivity contribution is 5.82. The fraction of sp³-hybridized carbons (Fsp3) is 0.467. The number of nitrogens with one attached hydrogen (secondary N) is 1. The minimum atomic E-state index is -0.881. The Balaban J connectivity index is 2.78. The quantitative estimate of drug-likeness (QED) is 0.707. The molecule has 0 saturated heterocycles. The van der Waals surface area contributed by atoms with Gasteiger partial charge in [0.1, 0.15) is 0 Å². The maximum atomic E-state index is 12.0. The smallest absolute Gasteiger partial charge is 0.303 e. The molecule has 0 spiro atoms. The van der Waals surface area contributed by atoms with Crippen molar-refractivity contribution in [3.8, 4) is 0 Å². The molecule has 5 nitrogen and oxygen atoms in total. The minimum Gasteiger partial charge on any atom is -0.481 e. The van der Waals surface area contributed by atoms with Gasteiger partial charge in [0.15, 0.2) is 0 Å². The molecule has 2 atom stereocenters. The number of hydrogen-bond donors (Lipinski definition) is 3. The van der Waals surface area contributed by atoms with Gasteiger partial charge in [-0.1, -0.05) is 44.2 Å². The largest absolute Gasteiger partial charge is 0.481 e. The number of carboxylic acids is 1. The van der Waals surface area contributed by atoms with Gasteiger partial charge in [-0.2, -0.15) is 0 Å². The van der Waals surface area contributed by atoms with Crippen LogP contribution in [0.2, 0.25) is 0 Å². The number of hydrogen-bond acceptors (Lipinski definition) is 3. The van der Waals surface area contributed by atoms with Crippen LogP contribution in [0.4, 0.5) is 0 Å². The molecule has 1 aromatic carbocycles. The number of carbonyl (C=O) groups is 2. The summed E-state index contributed by atoms with van der Waals surface area (Å²) in [6.07, 6.45) is 0.340. The number of carbonyl (C=O) groups excluding carboxylic acids is 1. The third-order valence-corrected chi connectivity index (χ3v) is 3.19. The molecule has 4 N–H and O–H groups in total. The second-order valence-electron chi connectivity index (χ2n) is 5.17. The van der Waals surface area contributed by atoms with E-state index in [1.165, 1.54) is 0 Å². The van der Waals surface area contributed by atoms with Crippen molar-refractivity contribution in [3.05, 3.63) is 35.9 Å². The van der Waals surface area contributed by atoms with E-state index in [2.05, 4.69) is 5.32 Å². The second kappa shape index (κ2) is 7.65. The summed E-state index contributed by atoms with van der Waals surface area (Å²) in [6.45, 7) is 3.75. The summed E-state index contributed by atoms with van der Waals surface area (Å²) in [5, 5.41) is 11.6. The summed E-state index contributed by atoms with van der Waals surface area (Å²) in [7, 11) is 0. The highest BCUT2D eigenvalue weighted by Crippen LogP contribution is 2.18. The fourth-order valence-electron chi connectivity index (χ4n) is 1.85. The van der Waals surface area contributed by atoms with Crippen molar-refractivity contribution < 1.29 is 14.7 Å². The minimum absolute atomic E-state index is 0.00322. The zero-order valence-electron chi connectivity index (χ0n) is 11.9. The van der Waals surface area contributed by atoms with Gasteiger partial charge in [0.05, 0.1) is 12.1 Å². The van der Waals surface area contributed by atoms with Gasteiger partial charge in [-0.15, -0.1) is 0 Å². The first kappa shape index (κ1) is 16.2. The Bertz CT molecular complexity index is 446. The first-order valence-electron chi connectivity index (χ1n) is 6.74. The van der Waals surface area contributed by atoms with Crippen molar-refractivity contribution in [2.45, 2.75) is 38.8 Å². The monoisotopic (exact) mass is 278 g/mol. The van der Waals surface area contributed by atoms with Crippen LogP contribution in [0.5, 0.6) is 0 Å². The Hall–Kier alpha value is -1.88. The van der Waals surface area contributed by atoms with Gasteiger partial charge in [-0.3, -0.25) is 9.59 Å². The van der Waals surface area contributed by atoms with Crippen LogP contribution in [0.1, 0.15) is 38.3 Å². The molecule has 5 heteroatoms. The zero-order valence-corrected chi connectivity index (χ0v) is 11.9. The SMILES string of the molecule is CC(C)[C@H](N)C(=O)NC(CCC(=O)O)c1ccccc1. The first-order valence-corrected chi connectivity index (χ1v) is 6.74. The number of benzene rings is 1. The number of amides is 1. The molecule has 0 aliphatic carbocycles. The van der Waals surface area contributed by atoms with Crippen LogP contribution in [-0.2, 0) is 9.59 Å². The molecule has 1 unspecified atom stereocenters. The Morgan fingerprint density at radius 1 is 1.25 bits per heavy atom. The molecule has 20 heavy (non-hydrogen) atoms. The lowest BCUT2D eigenvalue weighted by atomic mass is 9.99. The topological polar surface area (TPSA) is 92.4 Å². The third-order valence-electron chi connectivity index (χ3n) is 3.19. The molecule has 1 rings (SSSR count). The van der Waals surface area contributed by atoms with E-state index in [0.29, 0.717) is 6.42 Å². The van der Waals surface area contributed by atoms with E-state index in [0.717, 1.165) is 5.56 Å². The van der Waals surface area contributed by atoms with Gasteiger partial charge < -0.3 is 16.2 Å². The number of aliphatic carboxylic acids is 1. The molecule has 0 radical (unpaired) electrons. The predicted octanol–water partition coefficient (Wildman–Crippen LogP) is 1.69. The molecule has 1 aromatic rings. The second-order valence-corrected chi connectivity index (χ2v) is 5.17. The standard InChI is InChI=1S/C15H22N2O3/c1-10(2)14(16)15(20)17-12(8-9-13(18)19)11-6-4-3-5-7-11/h3-7,10,12,14H,8-9,16H2,1-2H3,(H,17,20)(H,18,19)/t12?,14-/m0/s1. The third kappa shape index (κ3) is 5.01. The van der Waals surface area contributed by atoms with Crippen molar-refractivity contribution in [1.82, 2.24) is 5.32 Å². The Labute approximate surface area is 119 Å². The van der Waals surface area contributed by atoms with Crippen LogP contribution in [0.3, 0.4) is 0 Å². The van der Waals surface area contributed by atoms with E-state index in [-0.39, 0.29) is 24.3 Å². The van der Waals surface area contributed by atoms with Crippen LogP contribution < -0.4 is 11.1 Å². The van der Waals surface area contributed by atoms with Crippen molar-refractivity contribution in [2.75, 3.05) is 0 Å². The number of carboxylic acid groups (broad SMARTS) is 1. The molecule has 0 fully saturated rings. The van der Waals surface area contributed by atoms with E-state index in [1.54, 1.807) is 0 Å². The molecular weight excluding hydrogens is 256 g/mol. The molecule has 0 saturated carbocycles. The van der Waals surface area contributed by atoms with Crippen molar-refractivity contribution in [2.24, 2.45) is 11.7 Å². The van der Waals surface area contributed by atoms with Crippen LogP contribution in [0.15, 0.2) is 30.3 Å². The van der Waals surface area contributed by atoms with E-state index >= 15 is 0 Å². The van der Waals surface area contributed by atoms with E-state index in [1.807, 2.05) is 44.2 Å². The first-order chi connectivity index (χ1) is 9.41. The van der Waals surface area contributed by atoms with Crippen LogP contribution in [0, 0.1) is 5.92 Å². The van der Waals surface area contributed by atoms with Gasteiger partial charge in [0.2, 0.25) is 5.91 Å². The molecule has 0 heterocycles. The van der Waals surface area contributed by atoms with Gasteiger partial charge >= 0.3 is 5.97 Å². The van der Waals surface area contributed by atoms with Crippen molar-refractivity contribution >= 4 is 11.9 Å². The number of nitrogens with two attached hydrogens (primary N) is 1. The normalized spacial score (nSPS) is 13.8. The summed E-state index contributed by atoms with van der Waals surface area (Å²) in [4.78, 5) is 22.8. The van der Waals surface area contributed by atoms with Crippen molar-refractivity contribution in [1.29, 1.82) is 0 Å². The average molecular weight is 278 g/mol. The highest BCUT2D eigenvalue weighted by atomic mass is 16.4. The van der Waals surface area contributed by atoms with Gasteiger partial charge in [0.25, 0.3) is 0 Å². The van der Waals surface area contributed by atoms with Crippen LogP contribution in [-0.4, -0.2) is 23.0 Å². The summed E-state index contributed by atoms with van der Waals surface area (Å²) in [5.41, 5.74) is 6.70. The van der Waals surface area contributed by atoms with E-state index in [9.17, 15) is 9.59 Å². The van der Waals surface area contributed by atoms with Crippen LogP contribution >= 0.6 is 0 Å². The summed E-state index contributed by atoms with van der Waals surface area (Å²) in [6, 6.07) is 8.41. The molecular formula is C15H22N2O3. The van der Waals surface area contributed by atoms with Crippen molar-refractivity contribution in [3.63, 3.8) is 0 Å². The molecule has 1 amide bonds. The highest BCUT2D eigenvalue weighted by Gasteiger charge is 2.22. The van der Waals surface area contributed by atoms with E-state index < -0.39 is 12.0 Å². The molecule has 0 bridgehead atoms. The van der Waals surface area contributed by atoms with Gasteiger partial charge in [-0.25, -0.2) is 0 Å². The molecule has 0 aliphatic heterocycles. The van der Waals surface area contributed by atoms with Gasteiger partial charge in [0, 0.05) is 6.42 Å². The predicted molar refractivity (Wildman–Crippen MR) is 77.0 cm³/mol.